The zero-order chi connectivity index (χ0) is 63.8. The highest BCUT2D eigenvalue weighted by molar-refractivity contribution is 14.1. The molecule has 14 nitrogen and oxygen atoms in total. The minimum Gasteiger partial charge on any atom is -0.458 e. The third-order valence-electron chi connectivity index (χ3n) is 22.2. The minimum atomic E-state index is -2.54. The average Bonchev–Trinajstić information content (AvgIpc) is 2.14. The molecule has 8 rings (SSSR count). The second-order valence-electron chi connectivity index (χ2n) is 32.8. The molecule has 5 saturated heterocycles. The number of Topliss-reactive ketones (excluding diaryl/α,β-unsaturated/α-hetero) is 1. The number of esters is 1. The first-order chi connectivity index (χ1) is 38.9. The van der Waals surface area contributed by atoms with Crippen LogP contribution >= 0.6 is 22.6 Å². The van der Waals surface area contributed by atoms with Gasteiger partial charge in [-0.15, -0.1) is 0 Å². The number of aliphatic hydroxyl groups excluding tert-OH is 1. The molecular formula is C66H121IO14Si4. The topological polar surface area (TPSA) is 156 Å². The first-order valence-electron chi connectivity index (χ1n) is 32.7. The zero-order valence-corrected chi connectivity index (χ0v) is 63.6. The molecule has 85 heavy (non-hydrogen) atoms. The molecule has 7 bridgehead atoms. The van der Waals surface area contributed by atoms with Crippen LogP contribution in [0.1, 0.15) is 180 Å². The van der Waals surface area contributed by atoms with Gasteiger partial charge in [0, 0.05) is 56.5 Å². The number of ketones is 1. The van der Waals surface area contributed by atoms with Gasteiger partial charge in [0.05, 0.1) is 67.6 Å². The summed E-state index contributed by atoms with van der Waals surface area (Å²) in [6.07, 6.45) is 5.71. The lowest BCUT2D eigenvalue weighted by molar-refractivity contribution is -0.269. The van der Waals surface area contributed by atoms with E-state index in [1.165, 1.54) is 6.92 Å². The Morgan fingerprint density at radius 3 is 1.94 bits per heavy atom. The molecule has 8 aliphatic rings. The Morgan fingerprint density at radius 1 is 0.741 bits per heavy atom. The predicted molar refractivity (Wildman–Crippen MR) is 359 cm³/mol. The normalized spacial score (nSPS) is 36.5. The van der Waals surface area contributed by atoms with E-state index in [9.17, 15) is 9.90 Å². The highest BCUT2D eigenvalue weighted by Crippen LogP contribution is 2.49. The summed E-state index contributed by atoms with van der Waals surface area (Å²) in [6.45, 7) is 53.8. The summed E-state index contributed by atoms with van der Waals surface area (Å²) in [5.74, 6) is -0.866. The number of ether oxygens (including phenoxy) is 7. The van der Waals surface area contributed by atoms with E-state index in [1.807, 2.05) is 0 Å². The van der Waals surface area contributed by atoms with Gasteiger partial charge in [-0.2, -0.15) is 0 Å². The molecular weight excluding hydrogens is 1260 g/mol. The standard InChI is InChI=1S/C66H121IO14Si4/c1-42-34-47-31-33-56-66(41-67,78-47)39-48(74-56)28-26-25-27-29-52(80-84(21,22)64(10,11)12)60-61(81-85(23,24)65(13,14)15)57(70)59-51(77-60)32-30-46(75-59)35-45(69)36-50-54(38-53(43(42)2)73-44(3)68)76-55(58(50)71-16)37-49(79-83(19,20)63(7,8)9)40-72-82(17,18)62(4,5)6/h27,29,42,46-61,70H,2,25-26,28,30-41H2,1,3-24H3/b29-27+/t42?,46?,47?,48?,49?,50?,51-,52?,53?,54-,55?,56-,57-,58+,59?,60?,61?,66?/m0/s1. The Bertz CT molecular complexity index is 2250. The van der Waals surface area contributed by atoms with Gasteiger partial charge in [-0.3, -0.25) is 9.59 Å². The van der Waals surface area contributed by atoms with Crippen molar-refractivity contribution in [1.82, 2.24) is 0 Å². The van der Waals surface area contributed by atoms with Gasteiger partial charge < -0.3 is 56.0 Å². The summed E-state index contributed by atoms with van der Waals surface area (Å²) in [6, 6.07) is 0. The van der Waals surface area contributed by atoms with Crippen LogP contribution in [0.25, 0.3) is 0 Å². The van der Waals surface area contributed by atoms with Crippen molar-refractivity contribution in [2.75, 3.05) is 18.1 Å². The van der Waals surface area contributed by atoms with Gasteiger partial charge in [-0.1, -0.05) is 131 Å². The fourth-order valence-corrected chi connectivity index (χ4v) is 18.6. The van der Waals surface area contributed by atoms with Gasteiger partial charge >= 0.3 is 5.97 Å². The van der Waals surface area contributed by atoms with E-state index in [4.69, 9.17) is 50.9 Å². The van der Waals surface area contributed by atoms with E-state index in [1.54, 1.807) is 7.11 Å². The maximum Gasteiger partial charge on any atom is 0.303 e. The van der Waals surface area contributed by atoms with Crippen molar-refractivity contribution in [2.24, 2.45) is 11.8 Å². The molecule has 1 N–H and O–H groups in total. The number of fused-ring (bicyclic) bond motifs is 2. The van der Waals surface area contributed by atoms with Gasteiger partial charge in [0.2, 0.25) is 0 Å². The van der Waals surface area contributed by atoms with Gasteiger partial charge in [0.15, 0.2) is 33.3 Å². The lowest BCUT2D eigenvalue weighted by atomic mass is 9.81. The third kappa shape index (κ3) is 18.1. The van der Waals surface area contributed by atoms with E-state index in [-0.39, 0.29) is 69.1 Å². The number of aliphatic hydroxyl groups is 1. The molecule has 0 radical (unpaired) electrons. The van der Waals surface area contributed by atoms with Crippen molar-refractivity contribution >= 4 is 67.6 Å². The van der Waals surface area contributed by atoms with Gasteiger partial charge in [-0.25, -0.2) is 0 Å². The summed E-state index contributed by atoms with van der Waals surface area (Å²) < 4.78 is 78.2. The van der Waals surface area contributed by atoms with Crippen LogP contribution in [0.5, 0.6) is 0 Å². The average molecular weight is 1380 g/mol. The van der Waals surface area contributed by atoms with Crippen molar-refractivity contribution in [3.05, 3.63) is 24.3 Å². The van der Waals surface area contributed by atoms with Crippen LogP contribution in [0.3, 0.4) is 0 Å². The number of rotatable bonds is 14. The smallest absolute Gasteiger partial charge is 0.303 e. The van der Waals surface area contributed by atoms with E-state index in [0.29, 0.717) is 32.3 Å². The zero-order valence-electron chi connectivity index (χ0n) is 57.4. The molecule has 0 aromatic rings. The Balaban J connectivity index is 1.40. The Labute approximate surface area is 534 Å². The summed E-state index contributed by atoms with van der Waals surface area (Å²) in [7, 11) is -7.78. The van der Waals surface area contributed by atoms with E-state index >= 15 is 4.79 Å². The van der Waals surface area contributed by atoms with Crippen molar-refractivity contribution in [2.45, 2.75) is 350 Å². The van der Waals surface area contributed by atoms with Gasteiger partial charge in [0.1, 0.15) is 41.9 Å². The second kappa shape index (κ2) is 28.6. The summed E-state index contributed by atoms with van der Waals surface area (Å²) >= 11 is 2.49. The van der Waals surface area contributed by atoms with E-state index < -0.39 is 118 Å². The molecule has 8 heterocycles. The Morgan fingerprint density at radius 2 is 1.35 bits per heavy atom. The SMILES string of the molecule is C=C1C(C)CC2CC[C@@H]3OC(CCC/C=C/C(O[Si](C)(C)C(C)(C)C)C4O[C@H]5CCC(CC(=O)CC6[C@@H](OC)C(CC(CO[Si](C)(C)C(C)(C)C)O[Si](C)(C)C(C)(C)C)O[C@H]6CC1OC(C)=O)OC5[C@H](O)C4O[Si](C)(C)C(C)(C)C)CC3(CI)O2. The fourth-order valence-electron chi connectivity index (χ4n) is 12.7. The number of allylic oxidation sites excluding steroid dienone is 1. The third-order valence-corrected chi connectivity index (χ3v) is 41.4. The monoisotopic (exact) mass is 1380 g/mol. The maximum atomic E-state index is 15.1. The Hall–Kier alpha value is -0.222. The Kier molecular flexibility index (Phi) is 24.8. The van der Waals surface area contributed by atoms with Crippen LogP contribution in [0, 0.1) is 11.8 Å². The number of carbonyl (C=O) groups is 2. The molecule has 0 aromatic heterocycles. The largest absolute Gasteiger partial charge is 0.458 e. The number of halogens is 1. The molecule has 8 aliphatic heterocycles. The first kappa shape index (κ1) is 73.8. The van der Waals surface area contributed by atoms with Crippen LogP contribution in [0.15, 0.2) is 24.3 Å². The number of hydrogen-bond acceptors (Lipinski definition) is 14. The molecule has 13 unspecified atom stereocenters. The lowest BCUT2D eigenvalue weighted by Crippen LogP contribution is -2.67. The summed E-state index contributed by atoms with van der Waals surface area (Å²) in [5, 5.41) is 12.6. The highest BCUT2D eigenvalue weighted by Gasteiger charge is 2.57. The highest BCUT2D eigenvalue weighted by atomic mass is 127. The molecule has 0 amide bonds. The number of methoxy groups -OCH3 is 1. The molecule has 0 aliphatic carbocycles. The molecule has 5 fully saturated rings. The number of hydrogen-bond donors (Lipinski definition) is 1. The summed E-state index contributed by atoms with van der Waals surface area (Å²) in [5.41, 5.74) is 0.409. The van der Waals surface area contributed by atoms with Crippen molar-refractivity contribution in [3.8, 4) is 0 Å². The first-order valence-corrected chi connectivity index (χ1v) is 45.9. The molecule has 18 atom stereocenters. The van der Waals surface area contributed by atoms with Crippen molar-refractivity contribution in [1.29, 1.82) is 0 Å². The quantitative estimate of drug-likeness (QED) is 0.0576. The fraction of sp³-hybridized carbons (Fsp3) is 0.909. The molecule has 0 saturated carbocycles. The van der Waals surface area contributed by atoms with Crippen LogP contribution in [-0.2, 0) is 60.5 Å². The predicted octanol–water partition coefficient (Wildman–Crippen LogP) is 15.1. The number of alkyl halides is 1. The van der Waals surface area contributed by atoms with Crippen molar-refractivity contribution < 1.29 is 65.6 Å². The van der Waals surface area contributed by atoms with Crippen LogP contribution in [0.2, 0.25) is 72.5 Å². The van der Waals surface area contributed by atoms with E-state index in [2.05, 4.69) is 184 Å². The molecule has 19 heteroatoms. The lowest BCUT2D eigenvalue weighted by Gasteiger charge is -2.53. The van der Waals surface area contributed by atoms with Gasteiger partial charge in [0.25, 0.3) is 0 Å². The van der Waals surface area contributed by atoms with Crippen LogP contribution < -0.4 is 0 Å². The van der Waals surface area contributed by atoms with Crippen molar-refractivity contribution in [3.63, 3.8) is 0 Å². The maximum absolute atomic E-state index is 15.1. The summed E-state index contributed by atoms with van der Waals surface area (Å²) in [4.78, 5) is 28.3. The van der Waals surface area contributed by atoms with Gasteiger partial charge in [-0.05, 0) is 135 Å². The molecule has 492 valence electrons. The van der Waals surface area contributed by atoms with E-state index in [0.717, 1.165) is 54.9 Å². The second-order valence-corrected chi connectivity index (χ2v) is 52.7. The molecule has 0 spiro atoms. The number of carbonyl (C=O) groups excluding carboxylic acids is 2. The van der Waals surface area contributed by atoms with Crippen LogP contribution in [-0.4, -0.2) is 165 Å². The van der Waals surface area contributed by atoms with Crippen LogP contribution in [0.4, 0.5) is 0 Å². The molecule has 0 aromatic carbocycles. The minimum absolute atomic E-state index is 0.00826.